The SMILES string of the molecule is CCOc1ccc(C(=O)NCCNC)cc1[N+](=O)[O-]. The number of ether oxygens (including phenoxy) is 1. The monoisotopic (exact) mass is 267 g/mol. The summed E-state index contributed by atoms with van der Waals surface area (Å²) in [6.07, 6.45) is 0. The molecule has 0 aliphatic heterocycles. The van der Waals surface area contributed by atoms with E-state index in [1.165, 1.54) is 18.2 Å². The molecule has 0 fully saturated rings. The highest BCUT2D eigenvalue weighted by Crippen LogP contribution is 2.27. The van der Waals surface area contributed by atoms with Gasteiger partial charge in [-0.1, -0.05) is 0 Å². The van der Waals surface area contributed by atoms with Crippen molar-refractivity contribution in [3.8, 4) is 5.75 Å². The number of nitrogens with zero attached hydrogens (tertiary/aromatic N) is 1. The molecular formula is C12H17N3O4. The van der Waals surface area contributed by atoms with Gasteiger partial charge in [0.05, 0.1) is 11.5 Å². The highest BCUT2D eigenvalue weighted by molar-refractivity contribution is 5.95. The van der Waals surface area contributed by atoms with Crippen molar-refractivity contribution < 1.29 is 14.5 Å². The maximum atomic E-state index is 11.8. The standard InChI is InChI=1S/C12H17N3O4/c1-3-19-11-5-4-9(8-10(11)15(17)18)12(16)14-7-6-13-2/h4-5,8,13H,3,6-7H2,1-2H3,(H,14,16). The van der Waals surface area contributed by atoms with Crippen molar-refractivity contribution in [1.29, 1.82) is 0 Å². The van der Waals surface area contributed by atoms with E-state index in [1.807, 2.05) is 0 Å². The van der Waals surface area contributed by atoms with Gasteiger partial charge in [-0.05, 0) is 26.1 Å². The summed E-state index contributed by atoms with van der Waals surface area (Å²) in [5.74, 6) is -0.180. The van der Waals surface area contributed by atoms with E-state index in [2.05, 4.69) is 10.6 Å². The molecule has 0 aliphatic rings. The number of carbonyl (C=O) groups is 1. The minimum atomic E-state index is -0.560. The molecule has 1 amide bonds. The maximum Gasteiger partial charge on any atom is 0.311 e. The zero-order chi connectivity index (χ0) is 14.3. The van der Waals surface area contributed by atoms with Gasteiger partial charge >= 0.3 is 5.69 Å². The van der Waals surface area contributed by atoms with E-state index < -0.39 is 4.92 Å². The molecule has 0 radical (unpaired) electrons. The second-order valence-corrected chi connectivity index (χ2v) is 3.73. The summed E-state index contributed by atoms with van der Waals surface area (Å²) in [4.78, 5) is 22.1. The number of benzene rings is 1. The second kappa shape index (κ2) is 7.32. The summed E-state index contributed by atoms with van der Waals surface area (Å²) >= 11 is 0. The average Bonchev–Trinajstić information content (AvgIpc) is 2.39. The molecule has 0 saturated carbocycles. The zero-order valence-corrected chi connectivity index (χ0v) is 10.9. The predicted molar refractivity (Wildman–Crippen MR) is 70.5 cm³/mol. The fraction of sp³-hybridized carbons (Fsp3) is 0.417. The number of amides is 1. The van der Waals surface area contributed by atoms with Crippen LogP contribution >= 0.6 is 0 Å². The van der Waals surface area contributed by atoms with Crippen molar-refractivity contribution in [3.63, 3.8) is 0 Å². The number of nitro benzene ring substituents is 1. The predicted octanol–water partition coefficient (Wildman–Crippen LogP) is 0.943. The van der Waals surface area contributed by atoms with E-state index in [1.54, 1.807) is 14.0 Å². The Kier molecular flexibility index (Phi) is 5.74. The third kappa shape index (κ3) is 4.22. The van der Waals surface area contributed by atoms with Crippen LogP contribution in [0.15, 0.2) is 18.2 Å². The first-order chi connectivity index (χ1) is 9.10. The lowest BCUT2D eigenvalue weighted by molar-refractivity contribution is -0.385. The first kappa shape index (κ1) is 14.9. The maximum absolute atomic E-state index is 11.8. The Morgan fingerprint density at radius 2 is 2.16 bits per heavy atom. The number of hydrogen-bond donors (Lipinski definition) is 2. The van der Waals surface area contributed by atoms with Crippen LogP contribution in [0.25, 0.3) is 0 Å². The summed E-state index contributed by atoms with van der Waals surface area (Å²) in [6.45, 7) is 3.15. The molecular weight excluding hydrogens is 250 g/mol. The summed E-state index contributed by atoms with van der Waals surface area (Å²) in [5, 5.41) is 16.5. The fourth-order valence-corrected chi connectivity index (χ4v) is 1.48. The van der Waals surface area contributed by atoms with Crippen LogP contribution in [-0.4, -0.2) is 37.6 Å². The highest BCUT2D eigenvalue weighted by atomic mass is 16.6. The quantitative estimate of drug-likeness (QED) is 0.435. The van der Waals surface area contributed by atoms with Crippen molar-refractivity contribution in [2.75, 3.05) is 26.7 Å². The first-order valence-electron chi connectivity index (χ1n) is 5.94. The lowest BCUT2D eigenvalue weighted by Crippen LogP contribution is -2.30. The summed E-state index contributed by atoms with van der Waals surface area (Å²) in [7, 11) is 1.77. The van der Waals surface area contributed by atoms with E-state index in [9.17, 15) is 14.9 Å². The van der Waals surface area contributed by atoms with Crippen LogP contribution in [0.2, 0.25) is 0 Å². The Hall–Kier alpha value is -2.15. The normalized spacial score (nSPS) is 10.0. The molecule has 7 heteroatoms. The van der Waals surface area contributed by atoms with Gasteiger partial charge in [-0.3, -0.25) is 14.9 Å². The van der Waals surface area contributed by atoms with Crippen LogP contribution in [0.1, 0.15) is 17.3 Å². The van der Waals surface area contributed by atoms with E-state index in [4.69, 9.17) is 4.74 Å². The Balaban J connectivity index is 2.88. The Labute approximate surface area is 111 Å². The van der Waals surface area contributed by atoms with Crippen molar-refractivity contribution in [2.24, 2.45) is 0 Å². The second-order valence-electron chi connectivity index (χ2n) is 3.73. The molecule has 2 N–H and O–H groups in total. The van der Waals surface area contributed by atoms with Crippen LogP contribution in [0.4, 0.5) is 5.69 Å². The van der Waals surface area contributed by atoms with Crippen LogP contribution in [0, 0.1) is 10.1 Å². The molecule has 0 heterocycles. The zero-order valence-electron chi connectivity index (χ0n) is 10.9. The summed E-state index contributed by atoms with van der Waals surface area (Å²) < 4.78 is 5.15. The molecule has 0 spiro atoms. The van der Waals surface area contributed by atoms with Crippen molar-refractivity contribution >= 4 is 11.6 Å². The molecule has 104 valence electrons. The minimum Gasteiger partial charge on any atom is -0.487 e. The molecule has 19 heavy (non-hydrogen) atoms. The third-order valence-electron chi connectivity index (χ3n) is 2.38. The molecule has 1 aromatic rings. The number of rotatable bonds is 7. The van der Waals surface area contributed by atoms with Gasteiger partial charge in [-0.2, -0.15) is 0 Å². The van der Waals surface area contributed by atoms with Crippen molar-refractivity contribution in [1.82, 2.24) is 10.6 Å². The van der Waals surface area contributed by atoms with Gasteiger partial charge in [0.2, 0.25) is 0 Å². The number of nitro groups is 1. The average molecular weight is 267 g/mol. The van der Waals surface area contributed by atoms with E-state index >= 15 is 0 Å². The van der Waals surface area contributed by atoms with Crippen LogP contribution in [0.5, 0.6) is 5.75 Å². The van der Waals surface area contributed by atoms with Gasteiger partial charge in [0.25, 0.3) is 5.91 Å². The molecule has 1 aromatic carbocycles. The molecule has 1 rings (SSSR count). The van der Waals surface area contributed by atoms with Gasteiger partial charge in [0.15, 0.2) is 5.75 Å². The van der Waals surface area contributed by atoms with Crippen LogP contribution < -0.4 is 15.4 Å². The molecule has 0 aromatic heterocycles. The van der Waals surface area contributed by atoms with Crippen molar-refractivity contribution in [2.45, 2.75) is 6.92 Å². The topological polar surface area (TPSA) is 93.5 Å². The van der Waals surface area contributed by atoms with Gasteiger partial charge in [0, 0.05) is 24.7 Å². The Bertz CT molecular complexity index is 462. The summed E-state index contributed by atoms with van der Waals surface area (Å²) in [5.41, 5.74) is 0.0365. The van der Waals surface area contributed by atoms with Gasteiger partial charge in [-0.25, -0.2) is 0 Å². The molecule has 0 unspecified atom stereocenters. The van der Waals surface area contributed by atoms with Gasteiger partial charge < -0.3 is 15.4 Å². The molecule has 7 nitrogen and oxygen atoms in total. The highest BCUT2D eigenvalue weighted by Gasteiger charge is 2.18. The smallest absolute Gasteiger partial charge is 0.311 e. The lowest BCUT2D eigenvalue weighted by atomic mass is 10.1. The van der Waals surface area contributed by atoms with Gasteiger partial charge in [0.1, 0.15) is 0 Å². The van der Waals surface area contributed by atoms with E-state index in [-0.39, 0.29) is 22.9 Å². The summed E-state index contributed by atoms with van der Waals surface area (Å²) in [6, 6.07) is 4.17. The number of carbonyl (C=O) groups excluding carboxylic acids is 1. The van der Waals surface area contributed by atoms with Crippen LogP contribution in [0.3, 0.4) is 0 Å². The minimum absolute atomic E-state index is 0.166. The fourth-order valence-electron chi connectivity index (χ4n) is 1.48. The van der Waals surface area contributed by atoms with Gasteiger partial charge in [-0.15, -0.1) is 0 Å². The Morgan fingerprint density at radius 1 is 1.42 bits per heavy atom. The lowest BCUT2D eigenvalue weighted by Gasteiger charge is -2.07. The van der Waals surface area contributed by atoms with Crippen LogP contribution in [-0.2, 0) is 0 Å². The molecule has 0 saturated heterocycles. The van der Waals surface area contributed by atoms with E-state index in [0.29, 0.717) is 19.7 Å². The third-order valence-corrected chi connectivity index (χ3v) is 2.38. The molecule has 0 bridgehead atoms. The molecule has 0 aliphatic carbocycles. The Morgan fingerprint density at radius 3 is 2.74 bits per heavy atom. The number of hydrogen-bond acceptors (Lipinski definition) is 5. The van der Waals surface area contributed by atoms with Crippen molar-refractivity contribution in [3.05, 3.63) is 33.9 Å². The first-order valence-corrected chi connectivity index (χ1v) is 5.94. The molecule has 0 atom stereocenters. The number of likely N-dealkylation sites (N-methyl/N-ethyl adjacent to an activating group) is 1. The van der Waals surface area contributed by atoms with E-state index in [0.717, 1.165) is 0 Å². The largest absolute Gasteiger partial charge is 0.487 e. The number of nitrogens with one attached hydrogen (secondary N) is 2.